The molecule has 0 spiro atoms. The number of aryl methyl sites for hydroxylation is 2. The molecule has 4 saturated carbocycles. The van der Waals surface area contributed by atoms with Gasteiger partial charge < -0.3 is 10.6 Å². The van der Waals surface area contributed by atoms with Crippen molar-refractivity contribution in [3.05, 3.63) is 53.6 Å². The molecule has 6 rings (SSSR count). The van der Waals surface area contributed by atoms with E-state index < -0.39 is 10.0 Å². The van der Waals surface area contributed by atoms with Gasteiger partial charge in [0, 0.05) is 5.69 Å². The van der Waals surface area contributed by atoms with Crippen LogP contribution < -0.4 is 15.4 Å². The summed E-state index contributed by atoms with van der Waals surface area (Å²) in [6.07, 6.45) is 6.78. The van der Waals surface area contributed by atoms with E-state index in [2.05, 4.69) is 15.4 Å². The normalized spacial score (nSPS) is 27.3. The molecule has 180 valence electrons. The van der Waals surface area contributed by atoms with Crippen molar-refractivity contribution in [3.8, 4) is 0 Å². The molecule has 34 heavy (non-hydrogen) atoms. The molecule has 0 aromatic heterocycles. The lowest BCUT2D eigenvalue weighted by atomic mass is 9.49. The summed E-state index contributed by atoms with van der Waals surface area (Å²) in [5.41, 5.74) is 2.85. The third-order valence-electron chi connectivity index (χ3n) is 7.80. The van der Waals surface area contributed by atoms with Crippen LogP contribution in [0.15, 0.2) is 47.4 Å². The Hall–Kier alpha value is -2.45. The number of sulfonamides is 1. The Labute approximate surface area is 207 Å². The first-order valence-electron chi connectivity index (χ1n) is 11.9. The number of anilines is 2. The third-order valence-corrected chi connectivity index (χ3v) is 9.38. The van der Waals surface area contributed by atoms with Gasteiger partial charge in [0.2, 0.25) is 5.91 Å². The van der Waals surface area contributed by atoms with Gasteiger partial charge in [-0.2, -0.15) is 0 Å². The Balaban J connectivity index is 1.21. The minimum Gasteiger partial charge on any atom is -0.332 e. The van der Waals surface area contributed by atoms with Gasteiger partial charge in [0.1, 0.15) is 0 Å². The summed E-state index contributed by atoms with van der Waals surface area (Å²) in [7, 11) is -3.72. The van der Waals surface area contributed by atoms with E-state index in [0.717, 1.165) is 30.4 Å². The predicted molar refractivity (Wildman–Crippen MR) is 138 cm³/mol. The molecule has 4 fully saturated rings. The SMILES string of the molecule is Cc1ccc(NS(=O)(=O)c2ccc(NC(=S)NC(=O)C34CC5CC(CC(C5)C3)C4)cc2)c(C)c1. The number of rotatable bonds is 5. The van der Waals surface area contributed by atoms with Crippen molar-refractivity contribution in [2.45, 2.75) is 57.3 Å². The number of benzene rings is 2. The molecule has 2 aromatic carbocycles. The molecule has 8 heteroatoms. The van der Waals surface area contributed by atoms with E-state index in [9.17, 15) is 13.2 Å². The van der Waals surface area contributed by atoms with E-state index in [0.29, 0.717) is 29.1 Å². The summed E-state index contributed by atoms with van der Waals surface area (Å²) in [6, 6.07) is 11.9. The average molecular weight is 498 g/mol. The average Bonchev–Trinajstić information content (AvgIpc) is 2.75. The highest BCUT2D eigenvalue weighted by atomic mass is 32.2. The fourth-order valence-corrected chi connectivity index (χ4v) is 7.98. The number of carbonyl (C=O) groups is 1. The number of carbonyl (C=O) groups excluding carboxylic acids is 1. The summed E-state index contributed by atoms with van der Waals surface area (Å²) < 4.78 is 28.3. The number of nitrogens with one attached hydrogen (secondary N) is 3. The Kier molecular flexibility index (Phi) is 5.92. The second-order valence-corrected chi connectivity index (χ2v) is 12.6. The molecule has 4 aliphatic carbocycles. The van der Waals surface area contributed by atoms with Gasteiger partial charge in [-0.15, -0.1) is 0 Å². The van der Waals surface area contributed by atoms with Crippen molar-refractivity contribution in [3.63, 3.8) is 0 Å². The van der Waals surface area contributed by atoms with E-state index in [1.165, 1.54) is 31.4 Å². The van der Waals surface area contributed by atoms with E-state index in [1.54, 1.807) is 18.2 Å². The topological polar surface area (TPSA) is 87.3 Å². The van der Waals surface area contributed by atoms with Gasteiger partial charge in [0.15, 0.2) is 5.11 Å². The summed E-state index contributed by atoms with van der Waals surface area (Å²) in [4.78, 5) is 13.3. The van der Waals surface area contributed by atoms with Crippen LogP contribution in [0.1, 0.15) is 49.7 Å². The van der Waals surface area contributed by atoms with Crippen molar-refractivity contribution in [2.24, 2.45) is 23.2 Å². The standard InChI is InChI=1S/C26H31N3O3S2/c1-16-3-8-23(17(2)9-16)29-34(31,32)22-6-4-21(5-7-22)27-25(33)28-24(30)26-13-18-10-19(14-26)12-20(11-18)15-26/h3-9,18-20,29H,10-15H2,1-2H3,(H2,27,28,30,33). The first-order chi connectivity index (χ1) is 16.1. The lowest BCUT2D eigenvalue weighted by Crippen LogP contribution is -2.55. The zero-order chi connectivity index (χ0) is 24.1. The lowest BCUT2D eigenvalue weighted by Gasteiger charge is -2.55. The van der Waals surface area contributed by atoms with Gasteiger partial charge in [-0.25, -0.2) is 8.42 Å². The first-order valence-corrected chi connectivity index (χ1v) is 13.8. The van der Waals surface area contributed by atoms with Crippen molar-refractivity contribution < 1.29 is 13.2 Å². The van der Waals surface area contributed by atoms with Crippen LogP contribution in [0, 0.1) is 37.0 Å². The largest absolute Gasteiger partial charge is 0.332 e. The smallest absolute Gasteiger partial charge is 0.261 e. The van der Waals surface area contributed by atoms with Crippen molar-refractivity contribution in [2.75, 3.05) is 10.0 Å². The molecule has 4 bridgehead atoms. The molecule has 2 aromatic rings. The maximum Gasteiger partial charge on any atom is 0.261 e. The number of hydrogen-bond donors (Lipinski definition) is 3. The Morgan fingerprint density at radius 3 is 2.09 bits per heavy atom. The number of hydrogen-bond acceptors (Lipinski definition) is 4. The van der Waals surface area contributed by atoms with E-state index in [1.807, 2.05) is 26.0 Å². The molecule has 0 heterocycles. The van der Waals surface area contributed by atoms with Crippen molar-refractivity contribution >= 4 is 44.6 Å². The lowest BCUT2D eigenvalue weighted by molar-refractivity contribution is -0.144. The summed E-state index contributed by atoms with van der Waals surface area (Å²) >= 11 is 5.41. The van der Waals surface area contributed by atoms with Crippen LogP contribution in [0.25, 0.3) is 0 Å². The number of thiocarbonyl (C=S) groups is 1. The highest BCUT2D eigenvalue weighted by molar-refractivity contribution is 7.92. The van der Waals surface area contributed by atoms with Crippen LogP contribution in [-0.2, 0) is 14.8 Å². The molecule has 6 nitrogen and oxygen atoms in total. The molecule has 4 aliphatic rings. The third kappa shape index (κ3) is 4.58. The minimum absolute atomic E-state index is 0.0426. The van der Waals surface area contributed by atoms with Crippen LogP contribution >= 0.6 is 12.2 Å². The molecular formula is C26H31N3O3S2. The Morgan fingerprint density at radius 1 is 0.941 bits per heavy atom. The molecule has 0 saturated heterocycles. The molecule has 0 atom stereocenters. The van der Waals surface area contributed by atoms with Gasteiger partial charge in [-0.3, -0.25) is 9.52 Å². The van der Waals surface area contributed by atoms with Gasteiger partial charge in [-0.05, 0) is 118 Å². The van der Waals surface area contributed by atoms with Crippen molar-refractivity contribution in [1.82, 2.24) is 5.32 Å². The quantitative estimate of drug-likeness (QED) is 0.498. The second kappa shape index (κ2) is 8.64. The predicted octanol–water partition coefficient (Wildman–Crippen LogP) is 5.13. The van der Waals surface area contributed by atoms with Gasteiger partial charge in [0.05, 0.1) is 16.0 Å². The second-order valence-electron chi connectivity index (χ2n) is 10.6. The van der Waals surface area contributed by atoms with E-state index in [-0.39, 0.29) is 21.3 Å². The highest BCUT2D eigenvalue weighted by Gasteiger charge is 2.54. The zero-order valence-electron chi connectivity index (χ0n) is 19.6. The Bertz CT molecular complexity index is 1200. The summed E-state index contributed by atoms with van der Waals surface area (Å²) in [5.74, 6) is 2.10. The van der Waals surface area contributed by atoms with Crippen LogP contribution in [0.4, 0.5) is 11.4 Å². The molecular weight excluding hydrogens is 466 g/mol. The van der Waals surface area contributed by atoms with Gasteiger partial charge >= 0.3 is 0 Å². The number of amides is 1. The molecule has 1 amide bonds. The van der Waals surface area contributed by atoms with Gasteiger partial charge in [-0.1, -0.05) is 17.7 Å². The molecule has 3 N–H and O–H groups in total. The van der Waals surface area contributed by atoms with E-state index in [4.69, 9.17) is 12.2 Å². The van der Waals surface area contributed by atoms with Crippen LogP contribution in [-0.4, -0.2) is 19.4 Å². The maximum absolute atomic E-state index is 13.2. The van der Waals surface area contributed by atoms with Crippen LogP contribution in [0.3, 0.4) is 0 Å². The fraction of sp³-hybridized carbons (Fsp3) is 0.462. The van der Waals surface area contributed by atoms with Crippen LogP contribution in [0.2, 0.25) is 0 Å². The van der Waals surface area contributed by atoms with Crippen molar-refractivity contribution in [1.29, 1.82) is 0 Å². The maximum atomic E-state index is 13.2. The van der Waals surface area contributed by atoms with E-state index >= 15 is 0 Å². The summed E-state index contributed by atoms with van der Waals surface area (Å²) in [5, 5.41) is 6.21. The minimum atomic E-state index is -3.72. The molecule has 0 aliphatic heterocycles. The zero-order valence-corrected chi connectivity index (χ0v) is 21.2. The highest BCUT2D eigenvalue weighted by Crippen LogP contribution is 2.60. The summed E-state index contributed by atoms with van der Waals surface area (Å²) in [6.45, 7) is 3.84. The fourth-order valence-electron chi connectivity index (χ4n) is 6.64. The Morgan fingerprint density at radius 2 is 1.53 bits per heavy atom. The molecule has 0 radical (unpaired) electrons. The molecule has 0 unspecified atom stereocenters. The van der Waals surface area contributed by atoms with Crippen LogP contribution in [0.5, 0.6) is 0 Å². The van der Waals surface area contributed by atoms with Gasteiger partial charge in [0.25, 0.3) is 10.0 Å². The first kappa shape index (κ1) is 23.3. The monoisotopic (exact) mass is 497 g/mol.